The smallest absolute Gasteiger partial charge is 0.306 e. The minimum absolute atomic E-state index is 0.0946. The number of ether oxygens (including phenoxy) is 2. The van der Waals surface area contributed by atoms with Gasteiger partial charge in [0, 0.05) is 5.69 Å². The maximum atomic E-state index is 12.0. The van der Waals surface area contributed by atoms with E-state index in [1.165, 1.54) is 0 Å². The van der Waals surface area contributed by atoms with Crippen LogP contribution >= 0.6 is 0 Å². The molecule has 1 aromatic rings. The molecule has 1 aliphatic rings. The van der Waals surface area contributed by atoms with Crippen LogP contribution in [0.5, 0.6) is 5.75 Å². The number of anilines is 1. The van der Waals surface area contributed by atoms with Crippen LogP contribution in [0.1, 0.15) is 25.3 Å². The lowest BCUT2D eigenvalue weighted by Crippen LogP contribution is -2.32. The molecule has 0 saturated heterocycles. The van der Waals surface area contributed by atoms with E-state index < -0.39 is 5.92 Å². The third kappa shape index (κ3) is 4.21. The van der Waals surface area contributed by atoms with Crippen LogP contribution in [-0.4, -0.2) is 31.6 Å². The van der Waals surface area contributed by atoms with Gasteiger partial charge in [-0.2, -0.15) is 0 Å². The predicted molar refractivity (Wildman–Crippen MR) is 82.7 cm³/mol. The fourth-order valence-corrected chi connectivity index (χ4v) is 2.40. The van der Waals surface area contributed by atoms with Crippen LogP contribution in [0.15, 0.2) is 18.2 Å². The van der Waals surface area contributed by atoms with Crippen molar-refractivity contribution in [3.8, 4) is 5.75 Å². The van der Waals surface area contributed by atoms with E-state index >= 15 is 0 Å². The van der Waals surface area contributed by atoms with Gasteiger partial charge in [-0.05, 0) is 50.1 Å². The third-order valence-electron chi connectivity index (χ3n) is 3.51. The van der Waals surface area contributed by atoms with Gasteiger partial charge in [-0.3, -0.25) is 9.59 Å². The number of rotatable bonds is 7. The quantitative estimate of drug-likeness (QED) is 0.588. The maximum absolute atomic E-state index is 12.0. The summed E-state index contributed by atoms with van der Waals surface area (Å²) in [7, 11) is 0. The summed E-state index contributed by atoms with van der Waals surface area (Å²) in [5.74, 6) is -0.136. The SMILES string of the molecule is CCOC(=O)CC1Cc2cc(OCCCN)ccc2NC1=O. The number of carbonyl (C=O) groups excluding carboxylic acids is 2. The predicted octanol–water partition coefficient (Wildman–Crippen LogP) is 1.48. The lowest BCUT2D eigenvalue weighted by Gasteiger charge is -2.24. The summed E-state index contributed by atoms with van der Waals surface area (Å²) in [6.45, 7) is 3.22. The first-order valence-electron chi connectivity index (χ1n) is 7.56. The molecule has 1 atom stereocenters. The Morgan fingerprint density at radius 2 is 2.27 bits per heavy atom. The van der Waals surface area contributed by atoms with Crippen molar-refractivity contribution >= 4 is 17.6 Å². The molecule has 1 aliphatic heterocycles. The summed E-state index contributed by atoms with van der Waals surface area (Å²) in [6, 6.07) is 5.55. The first-order valence-corrected chi connectivity index (χ1v) is 7.56. The molecule has 0 fully saturated rings. The van der Waals surface area contributed by atoms with Crippen LogP contribution in [0, 0.1) is 5.92 Å². The molecule has 1 heterocycles. The van der Waals surface area contributed by atoms with Crippen molar-refractivity contribution in [1.82, 2.24) is 0 Å². The first-order chi connectivity index (χ1) is 10.6. The number of carbonyl (C=O) groups is 2. The molecule has 1 amide bonds. The molecular weight excluding hydrogens is 284 g/mol. The Morgan fingerprint density at radius 1 is 1.45 bits per heavy atom. The Bertz CT molecular complexity index is 545. The molecule has 0 aromatic heterocycles. The minimum Gasteiger partial charge on any atom is -0.494 e. The van der Waals surface area contributed by atoms with Crippen molar-refractivity contribution in [3.63, 3.8) is 0 Å². The Hall–Kier alpha value is -2.08. The second-order valence-electron chi connectivity index (χ2n) is 5.21. The Balaban J connectivity index is 2.04. The summed E-state index contributed by atoms with van der Waals surface area (Å²) >= 11 is 0. The molecule has 3 N–H and O–H groups in total. The highest BCUT2D eigenvalue weighted by molar-refractivity contribution is 5.97. The number of benzene rings is 1. The van der Waals surface area contributed by atoms with Crippen molar-refractivity contribution in [2.24, 2.45) is 11.7 Å². The topological polar surface area (TPSA) is 90.7 Å². The summed E-state index contributed by atoms with van der Waals surface area (Å²) < 4.78 is 10.5. The standard InChI is InChI=1S/C16H22N2O4/c1-2-21-15(19)10-12-8-11-9-13(22-7-3-6-17)4-5-14(11)18-16(12)20/h4-5,9,12H,2-3,6-8,10,17H2,1H3,(H,18,20). The monoisotopic (exact) mass is 306 g/mol. The first kappa shape index (κ1) is 16.3. The van der Waals surface area contributed by atoms with Crippen LogP contribution in [0.4, 0.5) is 5.69 Å². The third-order valence-corrected chi connectivity index (χ3v) is 3.51. The van der Waals surface area contributed by atoms with Crippen LogP contribution in [0.25, 0.3) is 0 Å². The zero-order valence-electron chi connectivity index (χ0n) is 12.8. The second kappa shape index (κ2) is 7.79. The van der Waals surface area contributed by atoms with E-state index in [0.29, 0.717) is 26.2 Å². The highest BCUT2D eigenvalue weighted by Gasteiger charge is 2.28. The number of hydrogen-bond acceptors (Lipinski definition) is 5. The van der Waals surface area contributed by atoms with Crippen LogP contribution < -0.4 is 15.8 Å². The molecule has 1 unspecified atom stereocenters. The highest BCUT2D eigenvalue weighted by Crippen LogP contribution is 2.30. The lowest BCUT2D eigenvalue weighted by molar-refractivity contribution is -0.145. The van der Waals surface area contributed by atoms with Crippen molar-refractivity contribution in [2.75, 3.05) is 25.1 Å². The molecule has 120 valence electrons. The van der Waals surface area contributed by atoms with Gasteiger partial charge in [0.25, 0.3) is 0 Å². The molecular formula is C16H22N2O4. The Kier molecular flexibility index (Phi) is 5.77. The van der Waals surface area contributed by atoms with E-state index in [0.717, 1.165) is 23.4 Å². The average molecular weight is 306 g/mol. The zero-order valence-corrected chi connectivity index (χ0v) is 12.8. The number of hydrogen-bond donors (Lipinski definition) is 2. The molecule has 0 saturated carbocycles. The van der Waals surface area contributed by atoms with Gasteiger partial charge in [0.1, 0.15) is 5.75 Å². The number of nitrogens with one attached hydrogen (secondary N) is 1. The second-order valence-corrected chi connectivity index (χ2v) is 5.21. The number of fused-ring (bicyclic) bond motifs is 1. The molecule has 1 aromatic carbocycles. The maximum Gasteiger partial charge on any atom is 0.306 e. The van der Waals surface area contributed by atoms with E-state index in [4.69, 9.17) is 15.2 Å². The molecule has 0 radical (unpaired) electrons. The van der Waals surface area contributed by atoms with Crippen LogP contribution in [0.3, 0.4) is 0 Å². The number of nitrogens with two attached hydrogens (primary N) is 1. The van der Waals surface area contributed by atoms with Gasteiger partial charge >= 0.3 is 5.97 Å². The fourth-order valence-electron chi connectivity index (χ4n) is 2.40. The largest absolute Gasteiger partial charge is 0.494 e. The lowest BCUT2D eigenvalue weighted by atomic mass is 9.90. The normalized spacial score (nSPS) is 16.6. The van der Waals surface area contributed by atoms with Crippen molar-refractivity contribution in [2.45, 2.75) is 26.2 Å². The molecule has 2 rings (SSSR count). The van der Waals surface area contributed by atoms with Crippen molar-refractivity contribution < 1.29 is 19.1 Å². The molecule has 0 aliphatic carbocycles. The van der Waals surface area contributed by atoms with Gasteiger partial charge in [0.2, 0.25) is 5.91 Å². The van der Waals surface area contributed by atoms with E-state index in [1.54, 1.807) is 6.92 Å². The van der Waals surface area contributed by atoms with E-state index in [9.17, 15) is 9.59 Å². The summed E-state index contributed by atoms with van der Waals surface area (Å²) in [5, 5.41) is 2.83. The van der Waals surface area contributed by atoms with Gasteiger partial charge < -0.3 is 20.5 Å². The molecule has 0 spiro atoms. The van der Waals surface area contributed by atoms with Gasteiger partial charge in [0.15, 0.2) is 0 Å². The fraction of sp³-hybridized carbons (Fsp3) is 0.500. The van der Waals surface area contributed by atoms with Crippen LogP contribution in [0.2, 0.25) is 0 Å². The van der Waals surface area contributed by atoms with Gasteiger partial charge in [-0.25, -0.2) is 0 Å². The van der Waals surface area contributed by atoms with E-state index in [-0.39, 0.29) is 18.3 Å². The zero-order chi connectivity index (χ0) is 15.9. The molecule has 6 nitrogen and oxygen atoms in total. The van der Waals surface area contributed by atoms with Gasteiger partial charge in [-0.1, -0.05) is 0 Å². The molecule has 6 heteroatoms. The molecule has 0 bridgehead atoms. The van der Waals surface area contributed by atoms with E-state index in [1.807, 2.05) is 18.2 Å². The van der Waals surface area contributed by atoms with Crippen LogP contribution in [-0.2, 0) is 20.7 Å². The Morgan fingerprint density at radius 3 is 3.00 bits per heavy atom. The highest BCUT2D eigenvalue weighted by atomic mass is 16.5. The number of amides is 1. The van der Waals surface area contributed by atoms with Crippen molar-refractivity contribution in [3.05, 3.63) is 23.8 Å². The van der Waals surface area contributed by atoms with Gasteiger partial charge in [0.05, 0.1) is 25.6 Å². The van der Waals surface area contributed by atoms with Crippen molar-refractivity contribution in [1.29, 1.82) is 0 Å². The average Bonchev–Trinajstić information content (AvgIpc) is 2.49. The van der Waals surface area contributed by atoms with E-state index in [2.05, 4.69) is 5.32 Å². The number of esters is 1. The minimum atomic E-state index is -0.397. The van der Waals surface area contributed by atoms with Gasteiger partial charge in [-0.15, -0.1) is 0 Å². The summed E-state index contributed by atoms with van der Waals surface area (Å²) in [4.78, 5) is 23.6. The molecule has 22 heavy (non-hydrogen) atoms. The summed E-state index contributed by atoms with van der Waals surface area (Å²) in [6.07, 6.45) is 1.39. The summed E-state index contributed by atoms with van der Waals surface area (Å²) in [5.41, 5.74) is 7.18. The Labute approximate surface area is 130 Å².